The molecule has 1 amide bonds. The summed E-state index contributed by atoms with van der Waals surface area (Å²) in [4.78, 5) is 25.5. The number of amides is 1. The molecule has 0 bridgehead atoms. The fourth-order valence-electron chi connectivity index (χ4n) is 3.73. The average Bonchev–Trinajstić information content (AvgIpc) is 3.46. The topological polar surface area (TPSA) is 68.9 Å². The van der Waals surface area contributed by atoms with Crippen LogP contribution >= 0.6 is 11.6 Å². The molecule has 0 aliphatic heterocycles. The van der Waals surface area contributed by atoms with Gasteiger partial charge >= 0.3 is 0 Å². The number of para-hydroxylation sites is 1. The maximum atomic E-state index is 13.3. The van der Waals surface area contributed by atoms with Crippen LogP contribution in [0.4, 0.5) is 0 Å². The second-order valence-corrected chi connectivity index (χ2v) is 7.88. The SMILES string of the molecule is O=C(Cn1ncc2c3ccccc3n(Cc3cccc(Cl)c3)c2c1=O)NC1CC1. The molecule has 2 aromatic heterocycles. The van der Waals surface area contributed by atoms with Crippen LogP contribution in [0.5, 0.6) is 0 Å². The summed E-state index contributed by atoms with van der Waals surface area (Å²) in [5.41, 5.74) is 2.21. The van der Waals surface area contributed by atoms with Gasteiger partial charge < -0.3 is 9.88 Å². The van der Waals surface area contributed by atoms with Crippen LogP contribution in [0.1, 0.15) is 18.4 Å². The van der Waals surface area contributed by atoms with Gasteiger partial charge in [0.05, 0.1) is 6.20 Å². The molecule has 0 radical (unpaired) electrons. The number of hydrogen-bond acceptors (Lipinski definition) is 3. The van der Waals surface area contributed by atoms with Gasteiger partial charge in [0.25, 0.3) is 5.56 Å². The molecule has 1 aliphatic carbocycles. The van der Waals surface area contributed by atoms with Gasteiger partial charge in [0.2, 0.25) is 5.91 Å². The van der Waals surface area contributed by atoms with Crippen LogP contribution in [0.2, 0.25) is 5.02 Å². The highest BCUT2D eigenvalue weighted by Crippen LogP contribution is 2.27. The lowest BCUT2D eigenvalue weighted by molar-refractivity contribution is -0.122. The maximum absolute atomic E-state index is 13.3. The first-order valence-corrected chi connectivity index (χ1v) is 9.99. The fourth-order valence-corrected chi connectivity index (χ4v) is 3.94. The largest absolute Gasteiger partial charge is 0.352 e. The Labute approximate surface area is 171 Å². The molecule has 146 valence electrons. The molecule has 6 nitrogen and oxygen atoms in total. The van der Waals surface area contributed by atoms with Crippen LogP contribution in [-0.4, -0.2) is 26.3 Å². The first-order chi connectivity index (χ1) is 14.1. The van der Waals surface area contributed by atoms with Gasteiger partial charge in [-0.15, -0.1) is 0 Å². The van der Waals surface area contributed by atoms with Gasteiger partial charge in [0, 0.05) is 33.9 Å². The molecular formula is C22H19ClN4O2. The summed E-state index contributed by atoms with van der Waals surface area (Å²) < 4.78 is 3.23. The second kappa shape index (κ2) is 7.04. The lowest BCUT2D eigenvalue weighted by Crippen LogP contribution is -2.35. The third kappa shape index (κ3) is 3.40. The smallest absolute Gasteiger partial charge is 0.291 e. The minimum absolute atomic E-state index is 0.0794. The monoisotopic (exact) mass is 406 g/mol. The maximum Gasteiger partial charge on any atom is 0.291 e. The van der Waals surface area contributed by atoms with E-state index in [-0.39, 0.29) is 24.1 Å². The molecule has 2 aromatic carbocycles. The van der Waals surface area contributed by atoms with E-state index in [1.165, 1.54) is 4.68 Å². The van der Waals surface area contributed by atoms with Crippen molar-refractivity contribution in [1.29, 1.82) is 0 Å². The zero-order valence-corrected chi connectivity index (χ0v) is 16.4. The molecular weight excluding hydrogens is 388 g/mol. The Morgan fingerprint density at radius 1 is 1.14 bits per heavy atom. The van der Waals surface area contributed by atoms with E-state index in [4.69, 9.17) is 11.6 Å². The molecule has 1 N–H and O–H groups in total. The Kier molecular flexibility index (Phi) is 4.36. The summed E-state index contributed by atoms with van der Waals surface area (Å²) in [5.74, 6) is -0.182. The van der Waals surface area contributed by atoms with Gasteiger partial charge in [0.15, 0.2) is 0 Å². The number of hydrogen-bond donors (Lipinski definition) is 1. The van der Waals surface area contributed by atoms with Crippen molar-refractivity contribution in [1.82, 2.24) is 19.7 Å². The number of fused-ring (bicyclic) bond motifs is 3. The highest BCUT2D eigenvalue weighted by Gasteiger charge is 2.24. The first-order valence-electron chi connectivity index (χ1n) is 9.61. The molecule has 29 heavy (non-hydrogen) atoms. The number of rotatable bonds is 5. The van der Waals surface area contributed by atoms with Gasteiger partial charge in [0.1, 0.15) is 12.1 Å². The first kappa shape index (κ1) is 17.9. The van der Waals surface area contributed by atoms with Crippen LogP contribution in [0.3, 0.4) is 0 Å². The molecule has 5 rings (SSSR count). The minimum Gasteiger partial charge on any atom is -0.352 e. The summed E-state index contributed by atoms with van der Waals surface area (Å²) in [6, 6.07) is 15.7. The predicted molar refractivity (Wildman–Crippen MR) is 113 cm³/mol. The van der Waals surface area contributed by atoms with E-state index < -0.39 is 0 Å². The number of carbonyl (C=O) groups excluding carboxylic acids is 1. The Hall–Kier alpha value is -3.12. The number of nitrogens with one attached hydrogen (secondary N) is 1. The lowest BCUT2D eigenvalue weighted by Gasteiger charge is -2.09. The molecule has 0 atom stereocenters. The third-order valence-electron chi connectivity index (χ3n) is 5.24. The van der Waals surface area contributed by atoms with Gasteiger partial charge in [-0.2, -0.15) is 5.10 Å². The quantitative estimate of drug-likeness (QED) is 0.552. The van der Waals surface area contributed by atoms with Crippen molar-refractivity contribution in [2.45, 2.75) is 32.0 Å². The van der Waals surface area contributed by atoms with Crippen LogP contribution < -0.4 is 10.9 Å². The minimum atomic E-state index is -0.272. The molecule has 0 spiro atoms. The summed E-state index contributed by atoms with van der Waals surface area (Å²) in [6.45, 7) is 0.419. The summed E-state index contributed by atoms with van der Waals surface area (Å²) in [5, 5.41) is 9.57. The molecule has 4 aromatic rings. The molecule has 1 aliphatic rings. The zero-order chi connectivity index (χ0) is 20.0. The van der Waals surface area contributed by atoms with Gasteiger partial charge in [-0.1, -0.05) is 41.9 Å². The highest BCUT2D eigenvalue weighted by atomic mass is 35.5. The lowest BCUT2D eigenvalue weighted by atomic mass is 10.2. The number of halogens is 1. The van der Waals surface area contributed by atoms with Crippen molar-refractivity contribution in [2.75, 3.05) is 0 Å². The van der Waals surface area contributed by atoms with Gasteiger partial charge in [-0.25, -0.2) is 4.68 Å². The summed E-state index contributed by atoms with van der Waals surface area (Å²) >= 11 is 6.15. The fraction of sp³-hybridized carbons (Fsp3) is 0.227. The van der Waals surface area contributed by atoms with Crippen molar-refractivity contribution in [3.05, 3.63) is 75.7 Å². The molecule has 0 saturated heterocycles. The molecule has 1 saturated carbocycles. The molecule has 7 heteroatoms. The average molecular weight is 407 g/mol. The van der Waals surface area contributed by atoms with Crippen molar-refractivity contribution in [3.63, 3.8) is 0 Å². The van der Waals surface area contributed by atoms with E-state index in [1.54, 1.807) is 6.20 Å². The van der Waals surface area contributed by atoms with E-state index in [0.717, 1.165) is 34.7 Å². The van der Waals surface area contributed by atoms with Crippen LogP contribution in [0, 0.1) is 0 Å². The van der Waals surface area contributed by atoms with E-state index in [2.05, 4.69) is 10.4 Å². The number of nitrogens with zero attached hydrogens (tertiary/aromatic N) is 3. The van der Waals surface area contributed by atoms with E-state index in [1.807, 2.05) is 53.1 Å². The van der Waals surface area contributed by atoms with Crippen molar-refractivity contribution >= 4 is 39.3 Å². The van der Waals surface area contributed by atoms with Crippen LogP contribution in [0.25, 0.3) is 21.8 Å². The summed E-state index contributed by atoms with van der Waals surface area (Å²) in [6.07, 6.45) is 3.68. The van der Waals surface area contributed by atoms with E-state index in [0.29, 0.717) is 17.1 Å². The molecule has 1 fully saturated rings. The van der Waals surface area contributed by atoms with Crippen molar-refractivity contribution < 1.29 is 4.79 Å². The van der Waals surface area contributed by atoms with E-state index in [9.17, 15) is 9.59 Å². The normalized spacial score (nSPS) is 13.8. The second-order valence-electron chi connectivity index (χ2n) is 7.44. The number of carbonyl (C=O) groups is 1. The standard InChI is InChI=1S/C22H19ClN4O2/c23-15-5-3-4-14(10-15)12-26-19-7-2-1-6-17(19)18-11-24-27(22(29)21(18)26)13-20(28)25-16-8-9-16/h1-7,10-11,16H,8-9,12-13H2,(H,25,28). The van der Waals surface area contributed by atoms with Crippen LogP contribution in [0.15, 0.2) is 59.5 Å². The zero-order valence-electron chi connectivity index (χ0n) is 15.6. The third-order valence-corrected chi connectivity index (χ3v) is 5.47. The molecule has 2 heterocycles. The number of benzene rings is 2. The Morgan fingerprint density at radius 2 is 1.97 bits per heavy atom. The van der Waals surface area contributed by atoms with E-state index >= 15 is 0 Å². The van der Waals surface area contributed by atoms with Gasteiger partial charge in [-0.3, -0.25) is 9.59 Å². The Morgan fingerprint density at radius 3 is 2.76 bits per heavy atom. The van der Waals surface area contributed by atoms with Gasteiger partial charge in [-0.05, 0) is 36.6 Å². The van der Waals surface area contributed by atoms with Crippen LogP contribution in [-0.2, 0) is 17.9 Å². The summed E-state index contributed by atoms with van der Waals surface area (Å²) in [7, 11) is 0. The highest BCUT2D eigenvalue weighted by molar-refractivity contribution is 6.30. The van der Waals surface area contributed by atoms with Crippen molar-refractivity contribution in [3.8, 4) is 0 Å². The Balaban J connectivity index is 1.65. The number of aromatic nitrogens is 3. The Bertz CT molecular complexity index is 1300. The predicted octanol–water partition coefficient (Wildman–Crippen LogP) is 3.33. The molecule has 0 unspecified atom stereocenters. The van der Waals surface area contributed by atoms with Crippen molar-refractivity contribution in [2.24, 2.45) is 0 Å².